The summed E-state index contributed by atoms with van der Waals surface area (Å²) in [6, 6.07) is 1.93. The van der Waals surface area contributed by atoms with Gasteiger partial charge in [0, 0.05) is 6.42 Å². The Labute approximate surface area is 57.3 Å². The molecule has 0 radical (unpaired) electrons. The van der Waals surface area contributed by atoms with Crippen molar-refractivity contribution >= 4 is 6.72 Å². The molecule has 0 saturated carbocycles. The lowest BCUT2D eigenvalue weighted by Gasteiger charge is -1.47. The zero-order valence-electron chi connectivity index (χ0n) is 6.15. The molecule has 1 N–H and O–H groups in total. The number of hydrogen-bond acceptors (Lipinski definition) is 2. The molecule has 0 rings (SSSR count). The standard InChI is InChI=1S/C3H5N.C3H6.CH3N/c1-2-3-4;1-3-2;1-2/h2H2,1H3;3H,1H2,2H3;2H,1H2. The molecular weight excluding hydrogens is 112 g/mol. The molecule has 0 atom stereocenters. The zero-order valence-corrected chi connectivity index (χ0v) is 6.15. The Kier molecular flexibility index (Phi) is 116. The predicted molar refractivity (Wildman–Crippen MR) is 41.6 cm³/mol. The summed E-state index contributed by atoms with van der Waals surface area (Å²) in [4.78, 5) is 0. The van der Waals surface area contributed by atoms with E-state index in [0.29, 0.717) is 6.42 Å². The molecular formula is C7H14N2. The molecule has 0 heterocycles. The average Bonchev–Trinajstić information content (AvgIpc) is 1.94. The van der Waals surface area contributed by atoms with Crippen LogP contribution in [0.4, 0.5) is 0 Å². The lowest BCUT2D eigenvalue weighted by molar-refractivity contribution is 1.22. The summed E-state index contributed by atoms with van der Waals surface area (Å²) in [6.07, 6.45) is 2.38. The molecule has 0 spiro atoms. The van der Waals surface area contributed by atoms with Crippen molar-refractivity contribution in [1.82, 2.24) is 0 Å². The van der Waals surface area contributed by atoms with Crippen LogP contribution >= 0.6 is 0 Å². The normalized spacial score (nSPS) is 4.11. The predicted octanol–water partition coefficient (Wildman–Crippen LogP) is 2.38. The first-order valence-corrected chi connectivity index (χ1v) is 2.62. The van der Waals surface area contributed by atoms with Gasteiger partial charge in [0.1, 0.15) is 0 Å². The van der Waals surface area contributed by atoms with Crippen molar-refractivity contribution in [2.24, 2.45) is 0 Å². The maximum atomic E-state index is 7.62. The van der Waals surface area contributed by atoms with E-state index in [1.165, 1.54) is 0 Å². The Morgan fingerprint density at radius 1 is 1.67 bits per heavy atom. The highest BCUT2D eigenvalue weighted by molar-refractivity contribution is 5.15. The third-order valence-corrected chi connectivity index (χ3v) is 0.158. The van der Waals surface area contributed by atoms with Crippen molar-refractivity contribution in [2.75, 3.05) is 0 Å². The molecule has 0 aromatic rings. The highest BCUT2D eigenvalue weighted by Gasteiger charge is 1.49. The second kappa shape index (κ2) is 66.5. The second-order valence-corrected chi connectivity index (χ2v) is 0.920. The van der Waals surface area contributed by atoms with Crippen molar-refractivity contribution in [1.29, 1.82) is 10.7 Å². The molecule has 0 fully saturated rings. The summed E-state index contributed by atoms with van der Waals surface area (Å²) in [6.45, 7) is 9.57. The second-order valence-electron chi connectivity index (χ2n) is 0.920. The molecule has 2 nitrogen and oxygen atoms in total. The quantitative estimate of drug-likeness (QED) is 0.393. The molecule has 0 aliphatic carbocycles. The fraction of sp³-hybridized carbons (Fsp3) is 0.429. The van der Waals surface area contributed by atoms with Gasteiger partial charge in [0.05, 0.1) is 6.07 Å². The Bertz CT molecular complexity index is 71.5. The first kappa shape index (κ1) is 15.7. The van der Waals surface area contributed by atoms with Gasteiger partial charge in [-0.05, 0) is 13.6 Å². The summed E-state index contributed by atoms with van der Waals surface area (Å²) in [5.41, 5.74) is 0. The first-order chi connectivity index (χ1) is 4.33. The summed E-state index contributed by atoms with van der Waals surface area (Å²) in [7, 11) is 0. The Morgan fingerprint density at radius 2 is 1.78 bits per heavy atom. The van der Waals surface area contributed by atoms with Gasteiger partial charge in [-0.3, -0.25) is 0 Å². The molecule has 0 aliphatic rings. The molecule has 0 aromatic heterocycles. The van der Waals surface area contributed by atoms with Crippen LogP contribution < -0.4 is 0 Å². The molecule has 0 amide bonds. The van der Waals surface area contributed by atoms with E-state index < -0.39 is 0 Å². The maximum Gasteiger partial charge on any atom is 0.0618 e. The number of nitrogens with one attached hydrogen (secondary N) is 1. The van der Waals surface area contributed by atoms with Crippen LogP contribution in [0.25, 0.3) is 0 Å². The van der Waals surface area contributed by atoms with E-state index in [4.69, 9.17) is 10.7 Å². The average molecular weight is 126 g/mol. The van der Waals surface area contributed by atoms with Crippen molar-refractivity contribution in [3.63, 3.8) is 0 Å². The monoisotopic (exact) mass is 126 g/mol. The SMILES string of the molecule is C=CC.C=N.CCC#N. The van der Waals surface area contributed by atoms with Crippen LogP contribution in [0, 0.1) is 16.7 Å². The van der Waals surface area contributed by atoms with Gasteiger partial charge in [-0.25, -0.2) is 0 Å². The maximum absolute atomic E-state index is 7.62. The van der Waals surface area contributed by atoms with E-state index >= 15 is 0 Å². The minimum atomic E-state index is 0.625. The number of rotatable bonds is 0. The minimum absolute atomic E-state index is 0.625. The molecule has 0 aliphatic heterocycles. The highest BCUT2D eigenvalue weighted by Crippen LogP contribution is 1.58. The van der Waals surface area contributed by atoms with Crippen molar-refractivity contribution < 1.29 is 0 Å². The molecule has 0 saturated heterocycles. The molecule has 0 aromatic carbocycles. The van der Waals surface area contributed by atoms with Crippen LogP contribution in [0.15, 0.2) is 12.7 Å². The van der Waals surface area contributed by atoms with Crippen LogP contribution in [0.5, 0.6) is 0 Å². The van der Waals surface area contributed by atoms with Gasteiger partial charge < -0.3 is 5.41 Å². The first-order valence-electron chi connectivity index (χ1n) is 2.62. The van der Waals surface area contributed by atoms with E-state index in [1.807, 2.05) is 19.9 Å². The number of nitrogens with zero attached hydrogens (tertiary/aromatic N) is 1. The fourth-order valence-corrected chi connectivity index (χ4v) is 0. The lowest BCUT2D eigenvalue weighted by Crippen LogP contribution is -1.38. The van der Waals surface area contributed by atoms with Crippen LogP contribution in [-0.4, -0.2) is 6.72 Å². The van der Waals surface area contributed by atoms with Gasteiger partial charge in [0.15, 0.2) is 0 Å². The third-order valence-electron chi connectivity index (χ3n) is 0.158. The third kappa shape index (κ3) is 16600. The fourth-order valence-electron chi connectivity index (χ4n) is 0. The van der Waals surface area contributed by atoms with Crippen molar-refractivity contribution in [3.8, 4) is 6.07 Å². The van der Waals surface area contributed by atoms with Crippen LogP contribution in [0.2, 0.25) is 0 Å². The van der Waals surface area contributed by atoms with Gasteiger partial charge in [-0.15, -0.1) is 6.58 Å². The lowest BCUT2D eigenvalue weighted by atomic mass is 10.6. The van der Waals surface area contributed by atoms with Gasteiger partial charge in [0.25, 0.3) is 0 Å². The molecule has 2 heteroatoms. The van der Waals surface area contributed by atoms with Crippen LogP contribution in [0.1, 0.15) is 20.3 Å². The van der Waals surface area contributed by atoms with E-state index in [9.17, 15) is 0 Å². The van der Waals surface area contributed by atoms with Gasteiger partial charge in [-0.2, -0.15) is 5.26 Å². The van der Waals surface area contributed by atoms with E-state index in [0.717, 1.165) is 0 Å². The summed E-state index contributed by atoms with van der Waals surface area (Å²) < 4.78 is 0. The van der Waals surface area contributed by atoms with E-state index in [-0.39, 0.29) is 0 Å². The van der Waals surface area contributed by atoms with Gasteiger partial charge in [-0.1, -0.05) is 13.0 Å². The Balaban J connectivity index is -0.0000000646. The minimum Gasteiger partial charge on any atom is -0.317 e. The summed E-state index contributed by atoms with van der Waals surface area (Å²) in [5.74, 6) is 0. The highest BCUT2D eigenvalue weighted by atomic mass is 14.2. The summed E-state index contributed by atoms with van der Waals surface area (Å²) >= 11 is 0. The molecule has 0 unspecified atom stereocenters. The van der Waals surface area contributed by atoms with Crippen molar-refractivity contribution in [3.05, 3.63) is 12.7 Å². The number of allylic oxidation sites excluding steroid dienone is 1. The van der Waals surface area contributed by atoms with Gasteiger partial charge in [0.2, 0.25) is 0 Å². The van der Waals surface area contributed by atoms with Crippen LogP contribution in [0.3, 0.4) is 0 Å². The number of hydrogen-bond donors (Lipinski definition) is 1. The summed E-state index contributed by atoms with van der Waals surface area (Å²) in [5, 5.41) is 13.1. The van der Waals surface area contributed by atoms with E-state index in [1.54, 1.807) is 6.08 Å². The molecule has 52 valence electrons. The van der Waals surface area contributed by atoms with E-state index in [2.05, 4.69) is 13.3 Å². The number of nitriles is 1. The molecule has 0 bridgehead atoms. The van der Waals surface area contributed by atoms with Crippen molar-refractivity contribution in [2.45, 2.75) is 20.3 Å². The smallest absolute Gasteiger partial charge is 0.0618 e. The zero-order chi connectivity index (χ0) is 8.12. The van der Waals surface area contributed by atoms with Crippen LogP contribution in [-0.2, 0) is 0 Å². The Morgan fingerprint density at radius 3 is 1.78 bits per heavy atom. The molecule has 9 heavy (non-hydrogen) atoms. The van der Waals surface area contributed by atoms with Gasteiger partial charge >= 0.3 is 0 Å². The Hall–Kier alpha value is -1.10. The largest absolute Gasteiger partial charge is 0.317 e. The topological polar surface area (TPSA) is 47.6 Å².